The lowest BCUT2D eigenvalue weighted by Crippen LogP contribution is -2.42. The van der Waals surface area contributed by atoms with Gasteiger partial charge in [0.25, 0.3) is 0 Å². The van der Waals surface area contributed by atoms with Crippen LogP contribution in [0.5, 0.6) is 0 Å². The molecule has 1 saturated carbocycles. The third-order valence-electron chi connectivity index (χ3n) is 4.81. The zero-order valence-electron chi connectivity index (χ0n) is 13.3. The van der Waals surface area contributed by atoms with Crippen LogP contribution < -0.4 is 5.32 Å². The molecule has 2 atom stereocenters. The Bertz CT molecular complexity index is 332. The molecule has 1 heterocycles. The van der Waals surface area contributed by atoms with Crippen LogP contribution in [0.4, 0.5) is 0 Å². The van der Waals surface area contributed by atoms with Crippen molar-refractivity contribution in [1.82, 2.24) is 10.2 Å². The molecule has 1 N–H and O–H groups in total. The molecule has 1 aliphatic carbocycles. The van der Waals surface area contributed by atoms with Crippen molar-refractivity contribution in [1.29, 1.82) is 5.26 Å². The van der Waals surface area contributed by atoms with Gasteiger partial charge < -0.3 is 4.90 Å². The number of unbranched alkanes of at least 4 members (excludes halogenated alkanes) is 1. The number of likely N-dealkylation sites (tertiary alicyclic amines) is 1. The van der Waals surface area contributed by atoms with E-state index in [0.29, 0.717) is 6.04 Å². The van der Waals surface area contributed by atoms with Crippen molar-refractivity contribution in [2.75, 3.05) is 19.6 Å². The average Bonchev–Trinajstić information content (AvgIpc) is 3.13. The number of rotatable bonds is 9. The van der Waals surface area contributed by atoms with Gasteiger partial charge in [-0.2, -0.15) is 5.26 Å². The van der Waals surface area contributed by atoms with E-state index in [2.05, 4.69) is 30.1 Å². The molecule has 3 heteroatoms. The Labute approximate surface area is 124 Å². The maximum absolute atomic E-state index is 9.34. The fraction of sp³-hybridized carbons (Fsp3) is 0.941. The predicted molar refractivity (Wildman–Crippen MR) is 83.5 cm³/mol. The SMILES string of the molecule is CCCC1CCN(CCCCC(C)(C#N)NC2CC2)C1. The van der Waals surface area contributed by atoms with Crippen LogP contribution in [0.15, 0.2) is 0 Å². The monoisotopic (exact) mass is 277 g/mol. The van der Waals surface area contributed by atoms with Gasteiger partial charge in [-0.05, 0) is 70.9 Å². The summed E-state index contributed by atoms with van der Waals surface area (Å²) in [5.74, 6) is 0.945. The number of hydrogen-bond donors (Lipinski definition) is 1. The molecule has 2 unspecified atom stereocenters. The third-order valence-corrected chi connectivity index (χ3v) is 4.81. The van der Waals surface area contributed by atoms with Crippen LogP contribution in [0.3, 0.4) is 0 Å². The normalized spacial score (nSPS) is 26.4. The molecular weight excluding hydrogens is 246 g/mol. The molecule has 2 aliphatic rings. The molecule has 2 fully saturated rings. The zero-order chi connectivity index (χ0) is 14.4. The molecule has 0 aromatic carbocycles. The molecule has 0 aromatic rings. The van der Waals surface area contributed by atoms with Crippen LogP contribution in [0, 0.1) is 17.2 Å². The topological polar surface area (TPSA) is 39.1 Å². The molecule has 114 valence electrons. The molecule has 1 aliphatic heterocycles. The van der Waals surface area contributed by atoms with Gasteiger partial charge in [-0.3, -0.25) is 5.32 Å². The maximum Gasteiger partial charge on any atom is 0.104 e. The summed E-state index contributed by atoms with van der Waals surface area (Å²) >= 11 is 0. The van der Waals surface area contributed by atoms with Gasteiger partial charge in [-0.15, -0.1) is 0 Å². The number of nitrogens with zero attached hydrogens (tertiary/aromatic N) is 2. The van der Waals surface area contributed by atoms with E-state index in [-0.39, 0.29) is 5.54 Å². The lowest BCUT2D eigenvalue weighted by Gasteiger charge is -2.24. The molecule has 0 spiro atoms. The van der Waals surface area contributed by atoms with E-state index in [4.69, 9.17) is 0 Å². The molecule has 1 saturated heterocycles. The Morgan fingerprint density at radius 3 is 2.75 bits per heavy atom. The van der Waals surface area contributed by atoms with Gasteiger partial charge in [0.2, 0.25) is 0 Å². The lowest BCUT2D eigenvalue weighted by molar-refractivity contribution is 0.302. The van der Waals surface area contributed by atoms with Crippen molar-refractivity contribution in [3.05, 3.63) is 0 Å². The van der Waals surface area contributed by atoms with Crippen molar-refractivity contribution in [3.63, 3.8) is 0 Å². The third kappa shape index (κ3) is 5.07. The number of nitriles is 1. The highest BCUT2D eigenvalue weighted by Crippen LogP contribution is 2.25. The summed E-state index contributed by atoms with van der Waals surface area (Å²) in [5, 5.41) is 12.8. The summed E-state index contributed by atoms with van der Waals surface area (Å²) in [6.07, 6.45) is 10.0. The van der Waals surface area contributed by atoms with Crippen molar-refractivity contribution in [2.24, 2.45) is 5.92 Å². The van der Waals surface area contributed by atoms with Crippen molar-refractivity contribution in [2.45, 2.75) is 76.8 Å². The maximum atomic E-state index is 9.34. The quantitative estimate of drug-likeness (QED) is 0.657. The Kier molecular flexibility index (Phi) is 5.86. The second kappa shape index (κ2) is 7.43. The van der Waals surface area contributed by atoms with Crippen LogP contribution in [0.25, 0.3) is 0 Å². The first kappa shape index (κ1) is 15.8. The van der Waals surface area contributed by atoms with E-state index < -0.39 is 0 Å². The predicted octanol–water partition coefficient (Wildman–Crippen LogP) is 3.31. The molecule has 0 amide bonds. The minimum absolute atomic E-state index is 0.295. The van der Waals surface area contributed by atoms with E-state index >= 15 is 0 Å². The largest absolute Gasteiger partial charge is 0.303 e. The highest BCUT2D eigenvalue weighted by atomic mass is 15.1. The summed E-state index contributed by atoms with van der Waals surface area (Å²) in [6.45, 7) is 8.19. The molecule has 2 rings (SSSR count). The van der Waals surface area contributed by atoms with Crippen molar-refractivity contribution < 1.29 is 0 Å². The van der Waals surface area contributed by atoms with Crippen LogP contribution in [-0.4, -0.2) is 36.1 Å². The van der Waals surface area contributed by atoms with Crippen LogP contribution in [-0.2, 0) is 0 Å². The Morgan fingerprint density at radius 1 is 1.30 bits per heavy atom. The van der Waals surface area contributed by atoms with E-state index in [0.717, 1.165) is 12.3 Å². The van der Waals surface area contributed by atoms with Gasteiger partial charge in [-0.25, -0.2) is 0 Å². The van der Waals surface area contributed by atoms with Crippen LogP contribution in [0.1, 0.15) is 65.2 Å². The first-order valence-corrected chi connectivity index (χ1v) is 8.56. The summed E-state index contributed by atoms with van der Waals surface area (Å²) < 4.78 is 0. The molecular formula is C17H31N3. The highest BCUT2D eigenvalue weighted by Gasteiger charge is 2.32. The van der Waals surface area contributed by atoms with Gasteiger partial charge in [0.05, 0.1) is 6.07 Å². The molecule has 3 nitrogen and oxygen atoms in total. The lowest BCUT2D eigenvalue weighted by atomic mass is 9.96. The van der Waals surface area contributed by atoms with E-state index in [1.54, 1.807) is 0 Å². The van der Waals surface area contributed by atoms with E-state index in [1.165, 1.54) is 64.6 Å². The van der Waals surface area contributed by atoms with Gasteiger partial charge in [0, 0.05) is 12.6 Å². The minimum Gasteiger partial charge on any atom is -0.303 e. The van der Waals surface area contributed by atoms with Gasteiger partial charge >= 0.3 is 0 Å². The molecule has 0 radical (unpaired) electrons. The average molecular weight is 277 g/mol. The minimum atomic E-state index is -0.295. The summed E-state index contributed by atoms with van der Waals surface area (Å²) in [5.41, 5.74) is -0.295. The second-order valence-electron chi connectivity index (χ2n) is 7.06. The Morgan fingerprint density at radius 2 is 2.10 bits per heavy atom. The summed E-state index contributed by atoms with van der Waals surface area (Å²) in [4.78, 5) is 2.62. The van der Waals surface area contributed by atoms with Gasteiger partial charge in [0.15, 0.2) is 0 Å². The van der Waals surface area contributed by atoms with Crippen LogP contribution >= 0.6 is 0 Å². The first-order valence-electron chi connectivity index (χ1n) is 8.56. The Balaban J connectivity index is 1.58. The fourth-order valence-electron chi connectivity index (χ4n) is 3.41. The first-order chi connectivity index (χ1) is 9.65. The zero-order valence-corrected chi connectivity index (χ0v) is 13.3. The van der Waals surface area contributed by atoms with Gasteiger partial charge in [0.1, 0.15) is 5.54 Å². The van der Waals surface area contributed by atoms with Gasteiger partial charge in [-0.1, -0.05) is 13.3 Å². The molecule has 0 bridgehead atoms. The smallest absolute Gasteiger partial charge is 0.104 e. The van der Waals surface area contributed by atoms with Crippen molar-refractivity contribution in [3.8, 4) is 6.07 Å². The fourth-order valence-corrected chi connectivity index (χ4v) is 3.41. The Hall–Kier alpha value is -0.590. The molecule has 0 aromatic heterocycles. The second-order valence-corrected chi connectivity index (χ2v) is 7.06. The number of hydrogen-bond acceptors (Lipinski definition) is 3. The summed E-state index contributed by atoms with van der Waals surface area (Å²) in [6, 6.07) is 3.10. The molecule has 20 heavy (non-hydrogen) atoms. The van der Waals surface area contributed by atoms with E-state index in [9.17, 15) is 5.26 Å². The highest BCUT2D eigenvalue weighted by molar-refractivity contribution is 5.06. The number of nitrogens with one attached hydrogen (secondary N) is 1. The van der Waals surface area contributed by atoms with Crippen LogP contribution in [0.2, 0.25) is 0 Å². The standard InChI is InChI=1S/C17H31N3/c1-3-6-15-9-12-20(13-15)11-5-4-10-17(2,14-18)19-16-7-8-16/h15-16,19H,3-13H2,1-2H3. The summed E-state index contributed by atoms with van der Waals surface area (Å²) in [7, 11) is 0. The van der Waals surface area contributed by atoms with Crippen molar-refractivity contribution >= 4 is 0 Å². The van der Waals surface area contributed by atoms with E-state index in [1.807, 2.05) is 0 Å².